The molecule has 1 aromatic carbocycles. The van der Waals surface area contributed by atoms with Crippen LogP contribution in [0.25, 0.3) is 33.8 Å². The van der Waals surface area contributed by atoms with Crippen molar-refractivity contribution in [3.8, 4) is 33.8 Å². The molecule has 8 heteroatoms. The van der Waals surface area contributed by atoms with Gasteiger partial charge in [0.05, 0.1) is 17.9 Å². The van der Waals surface area contributed by atoms with E-state index in [4.69, 9.17) is 0 Å². The van der Waals surface area contributed by atoms with Gasteiger partial charge in [-0.15, -0.1) is 0 Å². The van der Waals surface area contributed by atoms with E-state index in [1.54, 1.807) is 4.68 Å². The van der Waals surface area contributed by atoms with Crippen molar-refractivity contribution in [2.45, 2.75) is 50.1 Å². The molecule has 1 aliphatic carbocycles. The van der Waals surface area contributed by atoms with E-state index in [1.165, 1.54) is 0 Å². The second-order valence-corrected chi connectivity index (χ2v) is 9.87. The fourth-order valence-electron chi connectivity index (χ4n) is 5.63. The van der Waals surface area contributed by atoms with Crippen LogP contribution in [-0.2, 0) is 11.8 Å². The average molecular weight is 468 g/mol. The molecule has 1 saturated carbocycles. The molecule has 1 saturated heterocycles. The molecular weight excluding hydrogens is 438 g/mol. The fourth-order valence-corrected chi connectivity index (χ4v) is 5.63. The summed E-state index contributed by atoms with van der Waals surface area (Å²) in [6.45, 7) is 0. The first-order valence-corrected chi connectivity index (χ1v) is 12.2. The average Bonchev–Trinajstić information content (AvgIpc) is 3.62. The first-order chi connectivity index (χ1) is 17.0. The number of aryl methyl sites for hydroxylation is 1. The van der Waals surface area contributed by atoms with Crippen LogP contribution in [0.15, 0.2) is 61.3 Å². The van der Waals surface area contributed by atoms with Crippen molar-refractivity contribution in [3.05, 3.63) is 61.3 Å². The molecule has 178 valence electrons. The quantitative estimate of drug-likeness (QED) is 0.441. The topological polar surface area (TPSA) is 81.7 Å². The Balaban J connectivity index is 1.16. The maximum absolute atomic E-state index is 12.0. The molecule has 0 unspecified atom stereocenters. The highest BCUT2D eigenvalue weighted by Crippen LogP contribution is 2.44. The molecule has 8 nitrogen and oxygen atoms in total. The molecule has 0 bridgehead atoms. The maximum Gasteiger partial charge on any atom is 0.222 e. The van der Waals surface area contributed by atoms with Crippen molar-refractivity contribution in [1.29, 1.82) is 0 Å². The normalized spacial score (nSPS) is 22.3. The Kier molecular flexibility index (Phi) is 5.24. The standard InChI is InChI=1S/C27H29N7O/c1-32-13-9-24(31-32)19-4-3-5-20(14-19)26-28-15-21(16-29-26)22-17-30-34(18-22)23-6-10-27(11-7-23)12-8-25(35)33(27)2/h3-5,9,13-18,23H,6-8,10-12H2,1-2H3. The van der Waals surface area contributed by atoms with Crippen LogP contribution in [0.3, 0.4) is 0 Å². The summed E-state index contributed by atoms with van der Waals surface area (Å²) in [6.07, 6.45) is 15.5. The van der Waals surface area contributed by atoms with Crippen molar-refractivity contribution < 1.29 is 4.79 Å². The van der Waals surface area contributed by atoms with Gasteiger partial charge in [0.25, 0.3) is 0 Å². The van der Waals surface area contributed by atoms with Gasteiger partial charge in [0.1, 0.15) is 0 Å². The lowest BCUT2D eigenvalue weighted by Crippen LogP contribution is -2.46. The molecule has 0 atom stereocenters. The summed E-state index contributed by atoms with van der Waals surface area (Å²) in [7, 11) is 3.89. The second kappa shape index (κ2) is 8.45. The first-order valence-electron chi connectivity index (χ1n) is 12.2. The van der Waals surface area contributed by atoms with E-state index in [2.05, 4.69) is 37.1 Å². The van der Waals surface area contributed by atoms with E-state index in [1.807, 2.05) is 68.0 Å². The number of rotatable bonds is 4. The number of amides is 1. The van der Waals surface area contributed by atoms with Crippen molar-refractivity contribution >= 4 is 5.91 Å². The van der Waals surface area contributed by atoms with E-state index in [9.17, 15) is 4.79 Å². The molecule has 0 radical (unpaired) electrons. The molecule has 4 heterocycles. The van der Waals surface area contributed by atoms with E-state index >= 15 is 0 Å². The highest BCUT2D eigenvalue weighted by molar-refractivity contribution is 5.79. The highest BCUT2D eigenvalue weighted by Gasteiger charge is 2.45. The third-order valence-corrected chi connectivity index (χ3v) is 7.87. The minimum Gasteiger partial charge on any atom is -0.340 e. The monoisotopic (exact) mass is 467 g/mol. The van der Waals surface area contributed by atoms with Gasteiger partial charge < -0.3 is 4.90 Å². The Morgan fingerprint density at radius 2 is 1.69 bits per heavy atom. The van der Waals surface area contributed by atoms with Crippen molar-refractivity contribution in [3.63, 3.8) is 0 Å². The summed E-state index contributed by atoms with van der Waals surface area (Å²) in [5.41, 5.74) is 4.97. The Labute approximate surface area is 204 Å². The van der Waals surface area contributed by atoms with Crippen LogP contribution >= 0.6 is 0 Å². The summed E-state index contributed by atoms with van der Waals surface area (Å²) in [5.74, 6) is 0.975. The van der Waals surface area contributed by atoms with Crippen LogP contribution in [0.4, 0.5) is 0 Å². The smallest absolute Gasteiger partial charge is 0.222 e. The van der Waals surface area contributed by atoms with Crippen molar-refractivity contribution in [2.24, 2.45) is 7.05 Å². The van der Waals surface area contributed by atoms with Gasteiger partial charge in [-0.2, -0.15) is 10.2 Å². The summed E-state index contributed by atoms with van der Waals surface area (Å²) >= 11 is 0. The van der Waals surface area contributed by atoms with Crippen LogP contribution < -0.4 is 0 Å². The van der Waals surface area contributed by atoms with Gasteiger partial charge in [-0.25, -0.2) is 9.97 Å². The predicted molar refractivity (Wildman–Crippen MR) is 133 cm³/mol. The lowest BCUT2D eigenvalue weighted by Gasteiger charge is -2.42. The summed E-state index contributed by atoms with van der Waals surface area (Å²) in [5, 5.41) is 9.15. The Morgan fingerprint density at radius 3 is 2.37 bits per heavy atom. The minimum atomic E-state index is 0.0705. The molecule has 2 aliphatic rings. The summed E-state index contributed by atoms with van der Waals surface area (Å²) in [4.78, 5) is 23.3. The number of carbonyl (C=O) groups excluding carboxylic acids is 1. The van der Waals surface area contributed by atoms with Gasteiger partial charge in [0.2, 0.25) is 5.91 Å². The number of benzene rings is 1. The van der Waals surface area contributed by atoms with Crippen LogP contribution in [0.5, 0.6) is 0 Å². The zero-order valence-electron chi connectivity index (χ0n) is 20.1. The summed E-state index contributed by atoms with van der Waals surface area (Å²) in [6, 6.07) is 10.5. The number of carbonyl (C=O) groups is 1. The maximum atomic E-state index is 12.0. The minimum absolute atomic E-state index is 0.0705. The Morgan fingerprint density at radius 1 is 0.914 bits per heavy atom. The van der Waals surface area contributed by atoms with Gasteiger partial charge in [0.15, 0.2) is 5.82 Å². The van der Waals surface area contributed by atoms with Crippen molar-refractivity contribution in [2.75, 3.05) is 7.05 Å². The third kappa shape index (κ3) is 3.92. The van der Waals surface area contributed by atoms with E-state index in [0.717, 1.165) is 60.1 Å². The Hall–Kier alpha value is -3.81. The number of aromatic nitrogens is 6. The molecule has 35 heavy (non-hydrogen) atoms. The first kappa shape index (κ1) is 21.7. The van der Waals surface area contributed by atoms with Gasteiger partial charge in [-0.05, 0) is 44.2 Å². The molecular formula is C27H29N7O. The van der Waals surface area contributed by atoms with Crippen LogP contribution in [0.1, 0.15) is 44.6 Å². The number of hydrogen-bond acceptors (Lipinski definition) is 5. The van der Waals surface area contributed by atoms with E-state index in [-0.39, 0.29) is 11.4 Å². The zero-order valence-corrected chi connectivity index (χ0v) is 20.1. The van der Waals surface area contributed by atoms with Gasteiger partial charge in [-0.1, -0.05) is 18.2 Å². The molecule has 4 aromatic rings. The van der Waals surface area contributed by atoms with Crippen LogP contribution in [-0.4, -0.2) is 52.9 Å². The third-order valence-electron chi connectivity index (χ3n) is 7.87. The highest BCUT2D eigenvalue weighted by atomic mass is 16.2. The van der Waals surface area contributed by atoms with Crippen LogP contribution in [0.2, 0.25) is 0 Å². The molecule has 1 aliphatic heterocycles. The van der Waals surface area contributed by atoms with Crippen molar-refractivity contribution in [1.82, 2.24) is 34.4 Å². The molecule has 6 rings (SSSR count). The molecule has 0 N–H and O–H groups in total. The molecule has 1 spiro atoms. The largest absolute Gasteiger partial charge is 0.340 e. The lowest BCUT2D eigenvalue weighted by molar-refractivity contribution is -0.130. The lowest BCUT2D eigenvalue weighted by atomic mass is 9.78. The van der Waals surface area contributed by atoms with Gasteiger partial charge in [-0.3, -0.25) is 14.2 Å². The van der Waals surface area contributed by atoms with Crippen LogP contribution in [0, 0.1) is 0 Å². The van der Waals surface area contributed by atoms with Gasteiger partial charge >= 0.3 is 0 Å². The van der Waals surface area contributed by atoms with E-state index in [0.29, 0.717) is 18.3 Å². The molecule has 1 amide bonds. The molecule has 3 aromatic heterocycles. The number of hydrogen-bond donors (Lipinski definition) is 0. The Bertz CT molecular complexity index is 1360. The SMILES string of the molecule is CN1C(=O)CCC12CCC(n1cc(-c3cnc(-c4cccc(-c5ccn(C)n5)c4)nc3)cn1)CC2. The predicted octanol–water partition coefficient (Wildman–Crippen LogP) is 4.51. The van der Waals surface area contributed by atoms with E-state index < -0.39 is 0 Å². The number of nitrogens with zero attached hydrogens (tertiary/aromatic N) is 7. The second-order valence-electron chi connectivity index (χ2n) is 9.87. The van der Waals surface area contributed by atoms with Gasteiger partial charge in [0, 0.05) is 73.1 Å². The zero-order chi connectivity index (χ0) is 24.0. The molecule has 2 fully saturated rings. The fraction of sp³-hybridized carbons (Fsp3) is 0.370. The summed E-state index contributed by atoms with van der Waals surface area (Å²) < 4.78 is 3.89. The number of likely N-dealkylation sites (tertiary alicyclic amines) is 1.